The van der Waals surface area contributed by atoms with E-state index in [2.05, 4.69) is 0 Å². The second-order valence-corrected chi connectivity index (χ2v) is 5.58. The van der Waals surface area contributed by atoms with E-state index in [-0.39, 0.29) is 18.4 Å². The third-order valence-corrected chi connectivity index (χ3v) is 3.70. The second kappa shape index (κ2) is 5.87. The molecular formula is C10H15Cl2NO2S. The van der Waals surface area contributed by atoms with Crippen LogP contribution in [0.1, 0.15) is 24.8 Å². The van der Waals surface area contributed by atoms with Gasteiger partial charge >= 0.3 is 5.97 Å². The Bertz CT molecular complexity index is 365. The molecule has 1 aromatic rings. The highest BCUT2D eigenvalue weighted by molar-refractivity contribution is 7.16. The molecule has 0 aliphatic rings. The largest absolute Gasteiger partial charge is 0.469 e. The summed E-state index contributed by atoms with van der Waals surface area (Å²) >= 11 is 7.20. The fourth-order valence-electron chi connectivity index (χ4n) is 1.24. The number of carbonyl (C=O) groups is 1. The fraction of sp³-hybridized carbons (Fsp3) is 0.500. The first-order chi connectivity index (χ1) is 6.89. The summed E-state index contributed by atoms with van der Waals surface area (Å²) in [6, 6.07) is 3.21. The molecule has 0 fully saturated rings. The molecule has 0 spiro atoms. The predicted molar refractivity (Wildman–Crippen MR) is 69.3 cm³/mol. The van der Waals surface area contributed by atoms with Crippen LogP contribution >= 0.6 is 35.3 Å². The third kappa shape index (κ3) is 3.10. The van der Waals surface area contributed by atoms with Gasteiger partial charge in [0.2, 0.25) is 0 Å². The Kier molecular flexibility index (Phi) is 5.76. The summed E-state index contributed by atoms with van der Waals surface area (Å²) in [7, 11) is 1.36. The molecular weight excluding hydrogens is 269 g/mol. The number of ether oxygens (including phenoxy) is 1. The lowest BCUT2D eigenvalue weighted by Crippen LogP contribution is -2.36. The smallest absolute Gasteiger partial charge is 0.313 e. The summed E-state index contributed by atoms with van der Waals surface area (Å²) < 4.78 is 5.38. The summed E-state index contributed by atoms with van der Waals surface area (Å²) in [6.45, 7) is 3.52. The van der Waals surface area contributed by atoms with Crippen LogP contribution in [0.15, 0.2) is 12.1 Å². The minimum absolute atomic E-state index is 0. The number of hydrogen-bond acceptors (Lipinski definition) is 4. The van der Waals surface area contributed by atoms with Crippen molar-refractivity contribution in [1.29, 1.82) is 0 Å². The summed E-state index contributed by atoms with van der Waals surface area (Å²) in [5.41, 5.74) is 5.27. The molecule has 0 aliphatic heterocycles. The molecule has 2 N–H and O–H groups in total. The average Bonchev–Trinajstić information content (AvgIpc) is 2.62. The van der Waals surface area contributed by atoms with Crippen molar-refractivity contribution < 1.29 is 9.53 Å². The maximum absolute atomic E-state index is 11.5. The van der Waals surface area contributed by atoms with E-state index < -0.39 is 11.5 Å². The SMILES string of the molecule is COC(=O)C(C)(C)[C@H](N)c1ccc(Cl)s1.Cl. The van der Waals surface area contributed by atoms with Gasteiger partial charge in [0.25, 0.3) is 0 Å². The number of halogens is 2. The van der Waals surface area contributed by atoms with E-state index in [0.717, 1.165) is 4.88 Å². The maximum Gasteiger partial charge on any atom is 0.313 e. The highest BCUT2D eigenvalue weighted by Gasteiger charge is 2.37. The van der Waals surface area contributed by atoms with Crippen LogP contribution in [0, 0.1) is 5.41 Å². The second-order valence-electron chi connectivity index (χ2n) is 3.83. The molecule has 1 heterocycles. The Hall–Kier alpha value is -0.290. The molecule has 0 saturated heterocycles. The number of rotatable bonds is 3. The predicted octanol–water partition coefficient (Wildman–Crippen LogP) is 3.02. The van der Waals surface area contributed by atoms with E-state index in [1.165, 1.54) is 18.4 Å². The number of nitrogens with two attached hydrogens (primary N) is 1. The lowest BCUT2D eigenvalue weighted by Gasteiger charge is -2.27. The van der Waals surface area contributed by atoms with E-state index in [1.807, 2.05) is 6.07 Å². The van der Waals surface area contributed by atoms with Crippen LogP contribution in [-0.4, -0.2) is 13.1 Å². The first kappa shape index (κ1) is 15.7. The standard InChI is InChI=1S/C10H14ClNO2S.ClH/c1-10(2,9(13)14-3)8(12)6-4-5-7(11)15-6;/h4-5,8H,12H2,1-3H3;1H/t8-;/m1./s1. The zero-order valence-electron chi connectivity index (χ0n) is 9.32. The Labute approximate surface area is 110 Å². The van der Waals surface area contributed by atoms with Crippen molar-refractivity contribution in [3.05, 3.63) is 21.3 Å². The fourth-order valence-corrected chi connectivity index (χ4v) is 2.49. The quantitative estimate of drug-likeness (QED) is 0.868. The van der Waals surface area contributed by atoms with Crippen LogP contribution < -0.4 is 5.73 Å². The summed E-state index contributed by atoms with van der Waals surface area (Å²) in [5.74, 6) is -0.320. The highest BCUT2D eigenvalue weighted by Crippen LogP contribution is 2.37. The van der Waals surface area contributed by atoms with E-state index in [0.29, 0.717) is 4.34 Å². The molecule has 1 atom stereocenters. The van der Waals surface area contributed by atoms with Crippen molar-refractivity contribution in [1.82, 2.24) is 0 Å². The summed E-state index contributed by atoms with van der Waals surface area (Å²) in [6.07, 6.45) is 0. The van der Waals surface area contributed by atoms with Crippen molar-refractivity contribution in [2.75, 3.05) is 7.11 Å². The molecule has 0 amide bonds. The highest BCUT2D eigenvalue weighted by atomic mass is 35.5. The molecule has 3 nitrogen and oxygen atoms in total. The number of methoxy groups -OCH3 is 1. The molecule has 0 bridgehead atoms. The van der Waals surface area contributed by atoms with Gasteiger partial charge < -0.3 is 10.5 Å². The zero-order chi connectivity index (χ0) is 11.6. The van der Waals surface area contributed by atoms with Gasteiger partial charge in [0.05, 0.1) is 22.9 Å². The van der Waals surface area contributed by atoms with Crippen LogP contribution in [-0.2, 0) is 9.53 Å². The van der Waals surface area contributed by atoms with Crippen molar-refractivity contribution in [2.45, 2.75) is 19.9 Å². The Balaban J connectivity index is 0.00000225. The van der Waals surface area contributed by atoms with Gasteiger partial charge in [0.15, 0.2) is 0 Å². The number of thiophene rings is 1. The van der Waals surface area contributed by atoms with Crippen LogP contribution in [0.2, 0.25) is 4.34 Å². The van der Waals surface area contributed by atoms with Crippen molar-refractivity contribution >= 4 is 41.3 Å². The lowest BCUT2D eigenvalue weighted by atomic mass is 9.84. The summed E-state index contributed by atoms with van der Waals surface area (Å²) in [4.78, 5) is 12.4. The molecule has 16 heavy (non-hydrogen) atoms. The van der Waals surface area contributed by atoms with Crippen LogP contribution in [0.5, 0.6) is 0 Å². The van der Waals surface area contributed by atoms with E-state index in [4.69, 9.17) is 22.1 Å². The molecule has 92 valence electrons. The molecule has 0 unspecified atom stereocenters. The first-order valence-electron chi connectivity index (χ1n) is 4.49. The molecule has 0 saturated carbocycles. The van der Waals surface area contributed by atoms with Crippen LogP contribution in [0.3, 0.4) is 0 Å². The van der Waals surface area contributed by atoms with Gasteiger partial charge in [0.1, 0.15) is 0 Å². The molecule has 6 heteroatoms. The molecule has 1 rings (SSSR count). The van der Waals surface area contributed by atoms with Crippen molar-refractivity contribution in [3.63, 3.8) is 0 Å². The van der Waals surface area contributed by atoms with Gasteiger partial charge in [-0.1, -0.05) is 11.6 Å². The molecule has 1 aromatic heterocycles. The topological polar surface area (TPSA) is 52.3 Å². The van der Waals surface area contributed by atoms with Crippen molar-refractivity contribution in [2.24, 2.45) is 11.1 Å². The van der Waals surface area contributed by atoms with E-state index in [1.54, 1.807) is 19.9 Å². The average molecular weight is 284 g/mol. The van der Waals surface area contributed by atoms with E-state index >= 15 is 0 Å². The van der Waals surface area contributed by atoms with Crippen molar-refractivity contribution in [3.8, 4) is 0 Å². The minimum atomic E-state index is -0.747. The summed E-state index contributed by atoms with van der Waals surface area (Å²) in [5, 5.41) is 0. The van der Waals surface area contributed by atoms with Crippen LogP contribution in [0.25, 0.3) is 0 Å². The normalized spacial score (nSPS) is 12.8. The zero-order valence-corrected chi connectivity index (χ0v) is 11.7. The molecule has 0 radical (unpaired) electrons. The van der Waals surface area contributed by atoms with E-state index in [9.17, 15) is 4.79 Å². The van der Waals surface area contributed by atoms with Gasteiger partial charge in [-0.05, 0) is 26.0 Å². The Morgan fingerprint density at radius 1 is 1.56 bits per heavy atom. The van der Waals surface area contributed by atoms with Gasteiger partial charge in [-0.15, -0.1) is 23.7 Å². The monoisotopic (exact) mass is 283 g/mol. The molecule has 0 aromatic carbocycles. The lowest BCUT2D eigenvalue weighted by molar-refractivity contribution is -0.152. The Morgan fingerprint density at radius 3 is 2.50 bits per heavy atom. The van der Waals surface area contributed by atoms with Crippen LogP contribution in [0.4, 0.5) is 0 Å². The number of esters is 1. The third-order valence-electron chi connectivity index (χ3n) is 2.39. The van der Waals surface area contributed by atoms with Gasteiger partial charge in [-0.25, -0.2) is 0 Å². The van der Waals surface area contributed by atoms with Gasteiger partial charge in [0, 0.05) is 4.88 Å². The Morgan fingerprint density at radius 2 is 2.12 bits per heavy atom. The van der Waals surface area contributed by atoms with Gasteiger partial charge in [-0.3, -0.25) is 4.79 Å². The first-order valence-corrected chi connectivity index (χ1v) is 5.68. The maximum atomic E-state index is 11.5. The molecule has 0 aliphatic carbocycles. The van der Waals surface area contributed by atoms with Gasteiger partial charge in [-0.2, -0.15) is 0 Å². The minimum Gasteiger partial charge on any atom is -0.469 e. The number of hydrogen-bond donors (Lipinski definition) is 1. The number of carbonyl (C=O) groups excluding carboxylic acids is 1.